The summed E-state index contributed by atoms with van der Waals surface area (Å²) in [6.07, 6.45) is 3.18. The molecule has 27 heavy (non-hydrogen) atoms. The van der Waals surface area contributed by atoms with Crippen molar-refractivity contribution in [1.29, 1.82) is 0 Å². The lowest BCUT2D eigenvalue weighted by atomic mass is 10.1. The Morgan fingerprint density at radius 1 is 1.19 bits per heavy atom. The number of benzene rings is 2. The highest BCUT2D eigenvalue weighted by Gasteiger charge is 2.22. The predicted octanol–water partition coefficient (Wildman–Crippen LogP) is 4.59. The normalized spacial score (nSPS) is 14.7. The van der Waals surface area contributed by atoms with Crippen molar-refractivity contribution in [2.45, 2.75) is 30.4 Å². The van der Waals surface area contributed by atoms with E-state index in [9.17, 15) is 4.79 Å². The van der Waals surface area contributed by atoms with E-state index in [-0.39, 0.29) is 23.6 Å². The van der Waals surface area contributed by atoms with Gasteiger partial charge in [0.1, 0.15) is 5.25 Å². The fraction of sp³-hybridized carbons (Fsp3) is 0.318. The van der Waals surface area contributed by atoms with E-state index in [4.69, 9.17) is 0 Å². The number of hydrogen-bond acceptors (Lipinski definition) is 3. The first-order valence-electron chi connectivity index (χ1n) is 9.08. The zero-order valence-corrected chi connectivity index (χ0v) is 17.5. The molecular weight excluding hydrogens is 376 g/mol. The van der Waals surface area contributed by atoms with Crippen LogP contribution >= 0.6 is 24.2 Å². The number of thioether (sulfide) groups is 1. The maximum Gasteiger partial charge on any atom is 0.238 e. The van der Waals surface area contributed by atoms with Gasteiger partial charge in [-0.1, -0.05) is 59.7 Å². The first kappa shape index (κ1) is 21.5. The molecule has 5 heteroatoms. The van der Waals surface area contributed by atoms with Gasteiger partial charge in [-0.05, 0) is 44.0 Å². The van der Waals surface area contributed by atoms with E-state index in [0.717, 1.165) is 30.0 Å². The van der Waals surface area contributed by atoms with Gasteiger partial charge >= 0.3 is 0 Å². The Morgan fingerprint density at radius 3 is 2.63 bits per heavy atom. The number of nitrogens with one attached hydrogen (secondary N) is 2. The van der Waals surface area contributed by atoms with E-state index in [0.29, 0.717) is 6.54 Å². The molecule has 2 N–H and O–H groups in total. The van der Waals surface area contributed by atoms with E-state index < -0.39 is 0 Å². The van der Waals surface area contributed by atoms with E-state index in [1.807, 2.05) is 30.3 Å². The van der Waals surface area contributed by atoms with Crippen LogP contribution in [0.25, 0.3) is 0 Å². The lowest BCUT2D eigenvalue weighted by Crippen LogP contribution is -2.32. The second kappa shape index (κ2) is 10.5. The molecular formula is C22H27ClN2OS. The average Bonchev–Trinajstić information content (AvgIpc) is 2.67. The Hall–Kier alpha value is -1.75. The molecule has 0 aromatic heterocycles. The minimum Gasteiger partial charge on any atom is -0.351 e. The quantitative estimate of drug-likeness (QED) is 0.548. The summed E-state index contributed by atoms with van der Waals surface area (Å²) >= 11 is 1.63. The standard InChI is InChI=1S/C22H26N2OS.ClH/c1-16-8-9-20(17(2)14-16)26-21(19-6-4-3-5-7-19)22(25)24-15-18-10-12-23-13-11-18;/h3-10,14,21,23H,11-13,15H2,1-2H3,(H,24,25);1H. The van der Waals surface area contributed by atoms with Gasteiger partial charge in [0.05, 0.1) is 0 Å². The first-order valence-corrected chi connectivity index (χ1v) is 9.96. The molecule has 0 radical (unpaired) electrons. The van der Waals surface area contributed by atoms with Crippen molar-refractivity contribution >= 4 is 30.1 Å². The van der Waals surface area contributed by atoms with Crippen LogP contribution in [0.1, 0.15) is 28.4 Å². The first-order chi connectivity index (χ1) is 12.6. The molecule has 0 saturated carbocycles. The second-order valence-corrected chi connectivity index (χ2v) is 7.86. The lowest BCUT2D eigenvalue weighted by Gasteiger charge is -2.20. The zero-order chi connectivity index (χ0) is 18.4. The summed E-state index contributed by atoms with van der Waals surface area (Å²) < 4.78 is 0. The average molecular weight is 403 g/mol. The second-order valence-electron chi connectivity index (χ2n) is 6.71. The Balaban J connectivity index is 0.00000261. The third-order valence-electron chi connectivity index (χ3n) is 4.56. The maximum atomic E-state index is 13.0. The molecule has 0 saturated heterocycles. The van der Waals surface area contributed by atoms with E-state index >= 15 is 0 Å². The van der Waals surface area contributed by atoms with Crippen LogP contribution in [0.4, 0.5) is 0 Å². The lowest BCUT2D eigenvalue weighted by molar-refractivity contribution is -0.120. The van der Waals surface area contributed by atoms with Crippen molar-refractivity contribution in [3.8, 4) is 0 Å². The molecule has 1 amide bonds. The Bertz CT molecular complexity index is 792. The fourth-order valence-electron chi connectivity index (χ4n) is 3.08. The monoisotopic (exact) mass is 402 g/mol. The summed E-state index contributed by atoms with van der Waals surface area (Å²) in [5.74, 6) is 0.0700. The Morgan fingerprint density at radius 2 is 1.96 bits per heavy atom. The van der Waals surface area contributed by atoms with Crippen LogP contribution in [-0.2, 0) is 4.79 Å². The van der Waals surface area contributed by atoms with Gasteiger partial charge in [-0.2, -0.15) is 0 Å². The van der Waals surface area contributed by atoms with Crippen molar-refractivity contribution in [3.05, 3.63) is 76.9 Å². The largest absolute Gasteiger partial charge is 0.351 e. The van der Waals surface area contributed by atoms with Crippen LogP contribution in [0.15, 0.2) is 65.1 Å². The molecule has 0 spiro atoms. The summed E-state index contributed by atoms with van der Waals surface area (Å²) in [7, 11) is 0. The molecule has 3 rings (SSSR count). The number of rotatable bonds is 6. The third-order valence-corrected chi connectivity index (χ3v) is 6.00. The number of halogens is 1. The molecule has 3 nitrogen and oxygen atoms in total. The molecule has 2 aromatic carbocycles. The minimum absolute atomic E-state index is 0. The van der Waals surface area contributed by atoms with Gasteiger partial charge in [-0.15, -0.1) is 24.2 Å². The van der Waals surface area contributed by atoms with Crippen molar-refractivity contribution in [2.24, 2.45) is 0 Å². The third kappa shape index (κ3) is 6.13. The molecule has 1 heterocycles. The smallest absolute Gasteiger partial charge is 0.238 e. The topological polar surface area (TPSA) is 41.1 Å². The molecule has 1 unspecified atom stereocenters. The van der Waals surface area contributed by atoms with Crippen molar-refractivity contribution < 1.29 is 4.79 Å². The van der Waals surface area contributed by atoms with Gasteiger partial charge < -0.3 is 10.6 Å². The van der Waals surface area contributed by atoms with E-state index in [2.05, 4.69) is 48.8 Å². The number of aryl methyl sites for hydroxylation is 2. The van der Waals surface area contributed by atoms with Gasteiger partial charge in [0, 0.05) is 18.0 Å². The summed E-state index contributed by atoms with van der Waals surface area (Å²) in [6, 6.07) is 16.4. The number of carbonyl (C=O) groups excluding carboxylic acids is 1. The summed E-state index contributed by atoms with van der Waals surface area (Å²) in [6.45, 7) is 6.72. The maximum absolute atomic E-state index is 13.0. The van der Waals surface area contributed by atoms with Crippen LogP contribution in [-0.4, -0.2) is 25.5 Å². The predicted molar refractivity (Wildman–Crippen MR) is 117 cm³/mol. The molecule has 2 aromatic rings. The Labute approximate surface area is 172 Å². The fourth-order valence-corrected chi connectivity index (χ4v) is 4.21. The molecule has 0 fully saturated rings. The molecule has 0 aliphatic carbocycles. The van der Waals surface area contributed by atoms with E-state index in [1.165, 1.54) is 16.7 Å². The molecule has 1 aliphatic heterocycles. The summed E-state index contributed by atoms with van der Waals surface area (Å²) in [5.41, 5.74) is 4.80. The van der Waals surface area contributed by atoms with Gasteiger partial charge in [-0.25, -0.2) is 0 Å². The highest BCUT2D eigenvalue weighted by molar-refractivity contribution is 8.00. The molecule has 144 valence electrons. The van der Waals surface area contributed by atoms with Crippen LogP contribution in [0, 0.1) is 13.8 Å². The highest BCUT2D eigenvalue weighted by atomic mass is 35.5. The molecule has 1 atom stereocenters. The zero-order valence-electron chi connectivity index (χ0n) is 15.8. The van der Waals surface area contributed by atoms with Crippen molar-refractivity contribution in [2.75, 3.05) is 19.6 Å². The minimum atomic E-state index is -0.250. The van der Waals surface area contributed by atoms with Crippen LogP contribution < -0.4 is 10.6 Å². The van der Waals surface area contributed by atoms with Crippen LogP contribution in [0.5, 0.6) is 0 Å². The van der Waals surface area contributed by atoms with Gasteiger partial charge in [0.15, 0.2) is 0 Å². The van der Waals surface area contributed by atoms with Crippen molar-refractivity contribution in [1.82, 2.24) is 10.6 Å². The summed E-state index contributed by atoms with van der Waals surface area (Å²) in [5, 5.41) is 6.20. The van der Waals surface area contributed by atoms with Gasteiger partial charge in [0.25, 0.3) is 0 Å². The van der Waals surface area contributed by atoms with Gasteiger partial charge in [0.2, 0.25) is 5.91 Å². The van der Waals surface area contributed by atoms with Crippen LogP contribution in [0.3, 0.4) is 0 Å². The van der Waals surface area contributed by atoms with Crippen LogP contribution in [0.2, 0.25) is 0 Å². The number of carbonyl (C=O) groups is 1. The summed E-state index contributed by atoms with van der Waals surface area (Å²) in [4.78, 5) is 14.1. The molecule has 1 aliphatic rings. The number of amides is 1. The highest BCUT2D eigenvalue weighted by Crippen LogP contribution is 2.37. The van der Waals surface area contributed by atoms with Gasteiger partial charge in [-0.3, -0.25) is 4.79 Å². The SMILES string of the molecule is Cc1ccc(SC(C(=O)NCC2=CCNCC2)c2ccccc2)c(C)c1.Cl. The molecule has 0 bridgehead atoms. The van der Waals surface area contributed by atoms with Crippen molar-refractivity contribution in [3.63, 3.8) is 0 Å². The number of hydrogen-bond donors (Lipinski definition) is 2. The van der Waals surface area contributed by atoms with E-state index in [1.54, 1.807) is 11.8 Å². The Kier molecular flexibility index (Phi) is 8.42.